The SMILES string of the molecule is CCCN(CCC)CCCC[C@H](NC(=O)[C@@H](NC(=O)CCCC#Cc1cnc(=S)[nH]c1)C(C)C)C(=O)NCC(=O)NCOC/C=C/c1c2c(nc3cc(F)c(C)cc13)-c1cc3c(c(=O)n1C2)COC(=O)[C@]3(O)CC. The molecule has 0 saturated heterocycles. The molecule has 0 spiro atoms. The Hall–Kier alpha value is -6.66. The van der Waals surface area contributed by atoms with E-state index >= 15 is 0 Å². The van der Waals surface area contributed by atoms with Crippen LogP contribution in [0.5, 0.6) is 0 Å². The van der Waals surface area contributed by atoms with E-state index in [2.05, 4.69) is 61.8 Å². The first-order chi connectivity index (χ1) is 35.5. The molecule has 2 aliphatic rings. The highest BCUT2D eigenvalue weighted by molar-refractivity contribution is 7.71. The molecule has 4 amide bonds. The zero-order valence-corrected chi connectivity index (χ0v) is 43.9. The van der Waals surface area contributed by atoms with E-state index in [4.69, 9.17) is 26.7 Å². The van der Waals surface area contributed by atoms with Crippen molar-refractivity contribution >= 4 is 58.8 Å². The van der Waals surface area contributed by atoms with Crippen molar-refractivity contribution < 1.29 is 42.9 Å². The van der Waals surface area contributed by atoms with Gasteiger partial charge < -0.3 is 50.3 Å². The molecule has 396 valence electrons. The summed E-state index contributed by atoms with van der Waals surface area (Å²) in [6.07, 6.45) is 11.5. The van der Waals surface area contributed by atoms with Crippen LogP contribution in [0.25, 0.3) is 28.4 Å². The number of nitrogens with zero attached hydrogens (tertiary/aromatic N) is 4. The lowest BCUT2D eigenvalue weighted by Crippen LogP contribution is -2.56. The van der Waals surface area contributed by atoms with Gasteiger partial charge in [0.15, 0.2) is 10.4 Å². The summed E-state index contributed by atoms with van der Waals surface area (Å²) in [6, 6.07) is 2.72. The number of nitrogens with one attached hydrogen (secondary N) is 5. The number of hydrogen-bond acceptors (Lipinski definition) is 13. The lowest BCUT2D eigenvalue weighted by molar-refractivity contribution is -0.172. The fourth-order valence-electron chi connectivity index (χ4n) is 9.08. The number of pyridine rings is 2. The first-order valence-corrected chi connectivity index (χ1v) is 25.8. The standard InChI is InChI=1S/C54H68FN9O9S/c1-7-20-63(21-8-2)22-14-13-18-42(61-50(68)47(33(4)5)62-45(65)19-12-10-11-16-35-27-57-53(74)58-28-35)49(67)56-29-46(66)59-32-72-23-15-17-36-37-24-34(6)41(55)26-43(37)60-48-38(36)30-64-44(48)25-40-39(51(64)69)31-73-52(70)54(40,71)9-3/h15,17,24-28,33,42,47,71H,7-10,12-14,18-23,29-32H2,1-6H3,(H,56,67)(H,59,66)(H,61,68)(H,62,65)(H,57,58,74)/b17-15+/t42-,47-,54-/m0/s1. The maximum atomic E-state index is 15.0. The lowest BCUT2D eigenvalue weighted by Gasteiger charge is -2.31. The summed E-state index contributed by atoms with van der Waals surface area (Å²) in [5, 5.41) is 22.9. The molecule has 6 rings (SSSR count). The number of ether oxygens (including phenoxy) is 2. The van der Waals surface area contributed by atoms with Crippen LogP contribution in [0.1, 0.15) is 126 Å². The number of aryl methyl sites for hydroxylation is 1. The van der Waals surface area contributed by atoms with Crippen LogP contribution in [-0.4, -0.2) is 111 Å². The monoisotopic (exact) mass is 1040 g/mol. The highest BCUT2D eigenvalue weighted by Gasteiger charge is 2.45. The second-order valence-corrected chi connectivity index (χ2v) is 19.3. The molecule has 0 bridgehead atoms. The van der Waals surface area contributed by atoms with Crippen LogP contribution < -0.4 is 26.8 Å². The van der Waals surface area contributed by atoms with Gasteiger partial charge in [0.1, 0.15) is 31.2 Å². The number of amides is 4. The zero-order chi connectivity index (χ0) is 53.5. The van der Waals surface area contributed by atoms with E-state index in [1.807, 2.05) is 13.8 Å². The van der Waals surface area contributed by atoms with Gasteiger partial charge in [0.2, 0.25) is 23.6 Å². The molecule has 74 heavy (non-hydrogen) atoms. The summed E-state index contributed by atoms with van der Waals surface area (Å²) in [7, 11) is 0. The summed E-state index contributed by atoms with van der Waals surface area (Å²) in [4.78, 5) is 93.9. The molecule has 0 unspecified atom stereocenters. The van der Waals surface area contributed by atoms with Crippen LogP contribution in [0.15, 0.2) is 41.5 Å². The van der Waals surface area contributed by atoms with E-state index in [1.165, 1.54) is 10.6 Å². The van der Waals surface area contributed by atoms with Gasteiger partial charge in [-0.3, -0.25) is 24.0 Å². The number of carbonyl (C=O) groups excluding carboxylic acids is 5. The number of aliphatic hydroxyl groups is 1. The Kier molecular flexibility index (Phi) is 20.3. The van der Waals surface area contributed by atoms with Gasteiger partial charge in [0.25, 0.3) is 5.56 Å². The number of hydrogen-bond donors (Lipinski definition) is 6. The Morgan fingerprint density at radius 3 is 2.50 bits per heavy atom. The number of esters is 1. The molecule has 6 N–H and O–H groups in total. The third-order valence-electron chi connectivity index (χ3n) is 13.1. The minimum absolute atomic E-state index is 0.0151. The lowest BCUT2D eigenvalue weighted by atomic mass is 9.86. The number of rotatable bonds is 25. The summed E-state index contributed by atoms with van der Waals surface area (Å²) in [6.45, 7) is 13.2. The number of benzene rings is 1. The summed E-state index contributed by atoms with van der Waals surface area (Å²) < 4.78 is 27.7. The number of carbonyl (C=O) groups is 5. The van der Waals surface area contributed by atoms with Crippen LogP contribution in [0.3, 0.4) is 0 Å². The molecule has 4 aromatic rings. The van der Waals surface area contributed by atoms with Gasteiger partial charge in [-0.2, -0.15) is 0 Å². The minimum atomic E-state index is -2.01. The summed E-state index contributed by atoms with van der Waals surface area (Å²) in [5.74, 6) is 2.48. The number of H-pyrrole nitrogens is 1. The number of unbranched alkanes of at least 4 members (excludes halogenated alkanes) is 2. The highest BCUT2D eigenvalue weighted by atomic mass is 32.1. The number of halogens is 1. The van der Waals surface area contributed by atoms with Crippen LogP contribution in [0.4, 0.5) is 4.39 Å². The van der Waals surface area contributed by atoms with E-state index < -0.39 is 59.3 Å². The van der Waals surface area contributed by atoms with Crippen LogP contribution in [-0.2, 0) is 52.2 Å². The first kappa shape index (κ1) is 56.6. The van der Waals surface area contributed by atoms with Gasteiger partial charge in [-0.15, -0.1) is 0 Å². The van der Waals surface area contributed by atoms with Gasteiger partial charge in [0, 0.05) is 47.8 Å². The van der Waals surface area contributed by atoms with Crippen molar-refractivity contribution in [3.8, 4) is 23.2 Å². The molecule has 0 radical (unpaired) electrons. The third kappa shape index (κ3) is 14.1. The fraction of sp³-hybridized carbons (Fsp3) is 0.500. The van der Waals surface area contributed by atoms with Crippen molar-refractivity contribution in [1.82, 2.24) is 45.7 Å². The Balaban J connectivity index is 1.05. The van der Waals surface area contributed by atoms with Gasteiger partial charge >= 0.3 is 5.97 Å². The Labute approximate surface area is 435 Å². The minimum Gasteiger partial charge on any atom is -0.458 e. The fourth-order valence-corrected chi connectivity index (χ4v) is 9.19. The first-order valence-electron chi connectivity index (χ1n) is 25.4. The Morgan fingerprint density at radius 2 is 1.80 bits per heavy atom. The molecule has 5 heterocycles. The predicted molar refractivity (Wildman–Crippen MR) is 280 cm³/mol. The molecular weight excluding hydrogens is 970 g/mol. The van der Waals surface area contributed by atoms with Gasteiger partial charge in [-0.25, -0.2) is 19.2 Å². The topological polar surface area (TPSA) is 239 Å². The number of aromatic nitrogens is 4. The molecule has 3 atom stereocenters. The van der Waals surface area contributed by atoms with Crippen molar-refractivity contribution in [2.45, 2.75) is 130 Å². The van der Waals surface area contributed by atoms with Crippen molar-refractivity contribution in [1.29, 1.82) is 0 Å². The molecule has 3 aromatic heterocycles. The maximum Gasteiger partial charge on any atom is 0.343 e. The van der Waals surface area contributed by atoms with Gasteiger partial charge in [-0.05, 0) is 113 Å². The number of fused-ring (bicyclic) bond motifs is 5. The quantitative estimate of drug-likeness (QED) is 0.0143. The molecule has 0 fully saturated rings. The second-order valence-electron chi connectivity index (χ2n) is 19.0. The van der Waals surface area contributed by atoms with Crippen LogP contribution in [0.2, 0.25) is 0 Å². The van der Waals surface area contributed by atoms with E-state index in [1.54, 1.807) is 50.5 Å². The Bertz CT molecular complexity index is 2920. The normalized spacial score (nSPS) is 15.5. The predicted octanol–water partition coefficient (Wildman–Crippen LogP) is 5.34. The molecule has 2 aliphatic heterocycles. The third-order valence-corrected chi connectivity index (χ3v) is 13.3. The van der Waals surface area contributed by atoms with Crippen LogP contribution in [0, 0.1) is 35.3 Å². The molecule has 0 saturated carbocycles. The Morgan fingerprint density at radius 1 is 1.03 bits per heavy atom. The second kappa shape index (κ2) is 26.5. The average molecular weight is 1040 g/mol. The molecular formula is C54H68FN9O9S. The van der Waals surface area contributed by atoms with Crippen molar-refractivity contribution in [3.63, 3.8) is 0 Å². The van der Waals surface area contributed by atoms with Gasteiger partial charge in [0.05, 0.1) is 47.7 Å². The molecule has 0 aliphatic carbocycles. The van der Waals surface area contributed by atoms with E-state index in [0.29, 0.717) is 75.0 Å². The summed E-state index contributed by atoms with van der Waals surface area (Å²) >= 11 is 4.96. The highest BCUT2D eigenvalue weighted by Crippen LogP contribution is 2.41. The smallest absolute Gasteiger partial charge is 0.343 e. The van der Waals surface area contributed by atoms with Crippen molar-refractivity contribution in [2.24, 2.45) is 5.92 Å². The van der Waals surface area contributed by atoms with E-state index in [0.717, 1.165) is 38.9 Å². The van der Waals surface area contributed by atoms with E-state index in [9.17, 15) is 38.3 Å². The maximum absolute atomic E-state index is 15.0. The zero-order valence-electron chi connectivity index (χ0n) is 43.1. The molecule has 1 aromatic carbocycles. The number of cyclic esters (lactones) is 1. The van der Waals surface area contributed by atoms with Crippen LogP contribution >= 0.6 is 12.2 Å². The summed E-state index contributed by atoms with van der Waals surface area (Å²) in [5.41, 5.74) is 1.43. The average Bonchev–Trinajstić information content (AvgIpc) is 3.74. The van der Waals surface area contributed by atoms with Gasteiger partial charge in [-0.1, -0.05) is 58.6 Å². The molecule has 18 nitrogen and oxygen atoms in total. The van der Waals surface area contributed by atoms with E-state index in [-0.39, 0.29) is 62.3 Å². The number of aromatic amines is 1. The molecule has 20 heteroatoms. The van der Waals surface area contributed by atoms with Crippen molar-refractivity contribution in [3.05, 3.63) is 91.0 Å². The largest absolute Gasteiger partial charge is 0.458 e. The van der Waals surface area contributed by atoms with Crippen molar-refractivity contribution in [2.75, 3.05) is 39.5 Å².